The fraction of sp³-hybridized carbons (Fsp3) is 0.111. The van der Waals surface area contributed by atoms with Crippen molar-refractivity contribution < 1.29 is 24.2 Å². The lowest BCUT2D eigenvalue weighted by Gasteiger charge is -2.09. The van der Waals surface area contributed by atoms with Crippen LogP contribution in [0.5, 0.6) is 11.5 Å². The lowest BCUT2D eigenvalue weighted by Crippen LogP contribution is -2.12. The third-order valence-electron chi connectivity index (χ3n) is 3.33. The maximum absolute atomic E-state index is 12.1. The third-order valence-corrected chi connectivity index (χ3v) is 3.64. The molecule has 0 aliphatic heterocycles. The van der Waals surface area contributed by atoms with Crippen LogP contribution >= 0.6 is 11.6 Å². The molecule has 0 saturated carbocycles. The number of carboxylic acid groups (broad SMARTS) is 1. The highest BCUT2D eigenvalue weighted by molar-refractivity contribution is 6.34. The second kappa shape index (κ2) is 8.21. The number of methoxy groups -OCH3 is 2. The van der Waals surface area contributed by atoms with Gasteiger partial charge >= 0.3 is 5.97 Å². The van der Waals surface area contributed by atoms with Crippen LogP contribution in [0.15, 0.2) is 42.5 Å². The van der Waals surface area contributed by atoms with Gasteiger partial charge in [0.1, 0.15) is 0 Å². The third kappa shape index (κ3) is 4.51. The predicted octanol–water partition coefficient (Wildman–Crippen LogP) is 3.71. The van der Waals surface area contributed by atoms with E-state index in [-0.39, 0.29) is 16.3 Å². The number of hydrogen-bond donors (Lipinski definition) is 2. The molecule has 2 aromatic rings. The number of benzene rings is 2. The molecule has 130 valence electrons. The topological polar surface area (TPSA) is 84.9 Å². The molecule has 0 atom stereocenters. The van der Waals surface area contributed by atoms with Crippen molar-refractivity contribution in [1.29, 1.82) is 0 Å². The standard InChI is InChI=1S/C18H16ClNO5/c1-24-14-8-6-11(10-15(14)25-2)7-9-16(21)20-17-12(18(22)23)4-3-5-13(17)19/h3-10H,1-2H3,(H,20,21)(H,22,23)/b9-7+. The fourth-order valence-electron chi connectivity index (χ4n) is 2.12. The molecule has 0 radical (unpaired) electrons. The lowest BCUT2D eigenvalue weighted by atomic mass is 10.1. The minimum absolute atomic E-state index is 0.0543. The molecule has 0 unspecified atom stereocenters. The Morgan fingerprint density at radius 3 is 2.48 bits per heavy atom. The molecule has 0 bridgehead atoms. The molecule has 1 amide bonds. The van der Waals surface area contributed by atoms with E-state index in [1.807, 2.05) is 0 Å². The minimum Gasteiger partial charge on any atom is -0.493 e. The maximum Gasteiger partial charge on any atom is 0.337 e. The van der Waals surface area contributed by atoms with Crippen molar-refractivity contribution in [2.24, 2.45) is 0 Å². The Morgan fingerprint density at radius 2 is 1.84 bits per heavy atom. The largest absolute Gasteiger partial charge is 0.493 e. The van der Waals surface area contributed by atoms with Crippen molar-refractivity contribution in [3.05, 3.63) is 58.6 Å². The Morgan fingerprint density at radius 1 is 1.12 bits per heavy atom. The summed E-state index contributed by atoms with van der Waals surface area (Å²) < 4.78 is 10.3. The van der Waals surface area contributed by atoms with E-state index in [2.05, 4.69) is 5.32 Å². The molecule has 0 saturated heterocycles. The van der Waals surface area contributed by atoms with E-state index in [1.54, 1.807) is 24.3 Å². The number of nitrogens with one attached hydrogen (secondary N) is 1. The Bertz CT molecular complexity index is 832. The van der Waals surface area contributed by atoms with Gasteiger partial charge in [0, 0.05) is 6.08 Å². The minimum atomic E-state index is -1.18. The van der Waals surface area contributed by atoms with Crippen molar-refractivity contribution in [2.75, 3.05) is 19.5 Å². The number of halogens is 1. The van der Waals surface area contributed by atoms with E-state index in [0.717, 1.165) is 0 Å². The summed E-state index contributed by atoms with van der Waals surface area (Å²) in [7, 11) is 3.05. The van der Waals surface area contributed by atoms with E-state index in [9.17, 15) is 9.59 Å². The van der Waals surface area contributed by atoms with Gasteiger partial charge in [-0.25, -0.2) is 4.79 Å². The predicted molar refractivity (Wildman–Crippen MR) is 95.6 cm³/mol. The Kier molecular flexibility index (Phi) is 6.03. The smallest absolute Gasteiger partial charge is 0.337 e. The summed E-state index contributed by atoms with van der Waals surface area (Å²) in [5.74, 6) is -0.581. The number of ether oxygens (including phenoxy) is 2. The molecule has 2 N–H and O–H groups in total. The molecule has 0 fully saturated rings. The van der Waals surface area contributed by atoms with E-state index >= 15 is 0 Å². The number of carboxylic acids is 1. The molecule has 0 aliphatic rings. The maximum atomic E-state index is 12.1. The highest BCUT2D eigenvalue weighted by atomic mass is 35.5. The zero-order valence-corrected chi connectivity index (χ0v) is 14.3. The second-order valence-electron chi connectivity index (χ2n) is 4.90. The van der Waals surface area contributed by atoms with Gasteiger partial charge in [-0.1, -0.05) is 23.7 Å². The van der Waals surface area contributed by atoms with E-state index in [1.165, 1.54) is 38.5 Å². The summed E-state index contributed by atoms with van der Waals surface area (Å²) in [5, 5.41) is 11.8. The monoisotopic (exact) mass is 361 g/mol. The molecule has 0 aromatic heterocycles. The van der Waals surface area contributed by atoms with Crippen LogP contribution in [0.4, 0.5) is 5.69 Å². The van der Waals surface area contributed by atoms with Crippen LogP contribution in [0.25, 0.3) is 6.08 Å². The number of rotatable bonds is 6. The first kappa shape index (κ1) is 18.4. The molecule has 0 spiro atoms. The van der Waals surface area contributed by atoms with Gasteiger partial charge in [0.2, 0.25) is 5.91 Å². The quantitative estimate of drug-likeness (QED) is 0.766. The summed E-state index contributed by atoms with van der Waals surface area (Å²) in [6, 6.07) is 9.54. The first-order chi connectivity index (χ1) is 12.0. The van der Waals surface area contributed by atoms with Gasteiger partial charge in [-0.15, -0.1) is 0 Å². The molecule has 0 heterocycles. The summed E-state index contributed by atoms with van der Waals surface area (Å²) >= 11 is 5.98. The van der Waals surface area contributed by atoms with Crippen molar-refractivity contribution >= 4 is 35.2 Å². The van der Waals surface area contributed by atoms with Crippen LogP contribution in [-0.4, -0.2) is 31.2 Å². The van der Waals surface area contributed by atoms with Crippen LogP contribution in [0.3, 0.4) is 0 Å². The van der Waals surface area contributed by atoms with Gasteiger partial charge in [-0.2, -0.15) is 0 Å². The molecule has 6 nitrogen and oxygen atoms in total. The van der Waals surface area contributed by atoms with Gasteiger partial charge in [-0.3, -0.25) is 4.79 Å². The molecule has 2 rings (SSSR count). The van der Waals surface area contributed by atoms with Crippen LogP contribution in [0.2, 0.25) is 5.02 Å². The van der Waals surface area contributed by atoms with E-state index < -0.39 is 11.9 Å². The van der Waals surface area contributed by atoms with Crippen molar-refractivity contribution in [3.63, 3.8) is 0 Å². The zero-order valence-electron chi connectivity index (χ0n) is 13.6. The summed E-state index contributed by atoms with van der Waals surface area (Å²) in [4.78, 5) is 23.3. The summed E-state index contributed by atoms with van der Waals surface area (Å²) in [6.45, 7) is 0. The normalized spacial score (nSPS) is 10.5. The number of aromatic carboxylic acids is 1. The van der Waals surface area contributed by atoms with Gasteiger partial charge in [0.15, 0.2) is 11.5 Å². The molecule has 2 aromatic carbocycles. The molecular formula is C18H16ClNO5. The average molecular weight is 362 g/mol. The molecule has 7 heteroatoms. The Labute approximate surface area is 149 Å². The van der Waals surface area contributed by atoms with Crippen molar-refractivity contribution in [3.8, 4) is 11.5 Å². The SMILES string of the molecule is COc1ccc(/C=C/C(=O)Nc2c(Cl)cccc2C(=O)O)cc1OC. The number of carbonyl (C=O) groups excluding carboxylic acids is 1. The molecular weight excluding hydrogens is 346 g/mol. The number of anilines is 1. The highest BCUT2D eigenvalue weighted by Gasteiger charge is 2.14. The average Bonchev–Trinajstić information content (AvgIpc) is 2.61. The van der Waals surface area contributed by atoms with Crippen molar-refractivity contribution in [1.82, 2.24) is 0 Å². The van der Waals surface area contributed by atoms with Crippen LogP contribution in [-0.2, 0) is 4.79 Å². The van der Waals surface area contributed by atoms with E-state index in [0.29, 0.717) is 17.1 Å². The highest BCUT2D eigenvalue weighted by Crippen LogP contribution is 2.28. The van der Waals surface area contributed by atoms with Crippen LogP contribution in [0.1, 0.15) is 15.9 Å². The van der Waals surface area contributed by atoms with E-state index in [4.69, 9.17) is 26.2 Å². The van der Waals surface area contributed by atoms with Crippen LogP contribution in [0, 0.1) is 0 Å². The fourth-order valence-corrected chi connectivity index (χ4v) is 2.34. The van der Waals surface area contributed by atoms with Gasteiger partial charge in [0.05, 0.1) is 30.5 Å². The molecule has 25 heavy (non-hydrogen) atoms. The number of hydrogen-bond acceptors (Lipinski definition) is 4. The summed E-state index contributed by atoms with van der Waals surface area (Å²) in [5.41, 5.74) is 0.685. The zero-order chi connectivity index (χ0) is 18.4. The summed E-state index contributed by atoms with van der Waals surface area (Å²) in [6.07, 6.45) is 2.84. The van der Waals surface area contributed by atoms with Crippen LogP contribution < -0.4 is 14.8 Å². The Hall–Kier alpha value is -2.99. The molecule has 0 aliphatic carbocycles. The number of para-hydroxylation sites is 1. The van der Waals surface area contributed by atoms with Gasteiger partial charge in [-0.05, 0) is 35.9 Å². The van der Waals surface area contributed by atoms with Gasteiger partial charge in [0.25, 0.3) is 0 Å². The first-order valence-corrected chi connectivity index (χ1v) is 7.57. The lowest BCUT2D eigenvalue weighted by molar-refractivity contribution is -0.111. The van der Waals surface area contributed by atoms with Gasteiger partial charge < -0.3 is 19.9 Å². The van der Waals surface area contributed by atoms with Crippen molar-refractivity contribution in [2.45, 2.75) is 0 Å². The Balaban J connectivity index is 2.18. The second-order valence-corrected chi connectivity index (χ2v) is 5.31. The number of amides is 1. The number of carbonyl (C=O) groups is 2. The first-order valence-electron chi connectivity index (χ1n) is 7.19.